The van der Waals surface area contributed by atoms with Crippen LogP contribution in [0.4, 0.5) is 21.2 Å². The smallest absolute Gasteiger partial charge is 0.453 e. The number of aryl methyl sites for hydroxylation is 1. The van der Waals surface area contributed by atoms with Gasteiger partial charge in [0.2, 0.25) is 11.4 Å². The summed E-state index contributed by atoms with van der Waals surface area (Å²) in [6, 6.07) is 0. The number of hydrogen-bond acceptors (Lipinski definition) is 10. The van der Waals surface area contributed by atoms with E-state index in [1.165, 1.54) is 28.1 Å². The molecule has 0 fully saturated rings. The standard InChI is InChI=1S/2C5H7N3O4/c1-3-4(6-5(9)11-2)7-12-8(3)10;1-3-4(6-5(9)11-2)8(10)12-7-3/h1-2H3,(H,6,7,9);1-2H3,(H,6,9). The molecule has 2 rings (SSSR count). The molecule has 24 heavy (non-hydrogen) atoms. The van der Waals surface area contributed by atoms with Crippen molar-refractivity contribution < 1.29 is 38.1 Å². The van der Waals surface area contributed by atoms with Gasteiger partial charge >= 0.3 is 23.8 Å². The SMILES string of the molecule is COC(=O)Nc1c(C)no[n+]1[O-].COC(=O)Nc1no[n+]([O-])c1C. The molecule has 0 bridgehead atoms. The van der Waals surface area contributed by atoms with Crippen molar-refractivity contribution in [2.45, 2.75) is 13.8 Å². The molecule has 2 heterocycles. The molecule has 0 aliphatic rings. The normalized spacial score (nSPS) is 9.50. The van der Waals surface area contributed by atoms with Crippen LogP contribution in [0.25, 0.3) is 0 Å². The highest BCUT2D eigenvalue weighted by atomic mass is 16.8. The van der Waals surface area contributed by atoms with E-state index in [1.54, 1.807) is 0 Å². The summed E-state index contributed by atoms with van der Waals surface area (Å²) in [6.45, 7) is 2.97. The Bertz CT molecular complexity index is 691. The van der Waals surface area contributed by atoms with Crippen molar-refractivity contribution in [1.29, 1.82) is 0 Å². The van der Waals surface area contributed by atoms with Gasteiger partial charge in [-0.05, 0) is 10.1 Å². The quantitative estimate of drug-likeness (QED) is 0.677. The maximum Gasteiger partial charge on any atom is 0.473 e. The lowest BCUT2D eigenvalue weighted by Gasteiger charge is -1.96. The molecular weight excluding hydrogens is 332 g/mol. The van der Waals surface area contributed by atoms with Gasteiger partial charge in [0.05, 0.1) is 19.4 Å². The molecule has 0 radical (unpaired) electrons. The Labute approximate surface area is 134 Å². The van der Waals surface area contributed by atoms with Gasteiger partial charge in [0, 0.05) is 13.8 Å². The second-order valence-electron chi connectivity index (χ2n) is 3.96. The van der Waals surface area contributed by atoms with Crippen molar-refractivity contribution in [3.8, 4) is 0 Å². The zero-order valence-corrected chi connectivity index (χ0v) is 13.1. The molecule has 0 saturated carbocycles. The van der Waals surface area contributed by atoms with Crippen LogP contribution < -0.4 is 20.4 Å². The molecule has 0 spiro atoms. The van der Waals surface area contributed by atoms with Gasteiger partial charge in [-0.1, -0.05) is 4.90 Å². The minimum Gasteiger partial charge on any atom is -0.453 e. The molecule has 2 N–H and O–H groups in total. The van der Waals surface area contributed by atoms with Gasteiger partial charge in [0.25, 0.3) is 0 Å². The third kappa shape index (κ3) is 4.72. The molecule has 14 nitrogen and oxygen atoms in total. The number of nitrogens with zero attached hydrogens (tertiary/aromatic N) is 4. The molecule has 0 saturated heterocycles. The van der Waals surface area contributed by atoms with Crippen molar-refractivity contribution in [3.63, 3.8) is 0 Å². The first-order chi connectivity index (χ1) is 11.3. The molecule has 14 heteroatoms. The monoisotopic (exact) mass is 346 g/mol. The van der Waals surface area contributed by atoms with Crippen molar-refractivity contribution in [2.24, 2.45) is 0 Å². The molecule has 2 aromatic heterocycles. The Morgan fingerprint density at radius 3 is 1.96 bits per heavy atom. The van der Waals surface area contributed by atoms with Crippen LogP contribution in [0.1, 0.15) is 11.4 Å². The first-order valence-corrected chi connectivity index (χ1v) is 6.12. The number of methoxy groups -OCH3 is 2. The summed E-state index contributed by atoms with van der Waals surface area (Å²) >= 11 is 0. The van der Waals surface area contributed by atoms with Crippen LogP contribution >= 0.6 is 0 Å². The first-order valence-electron chi connectivity index (χ1n) is 6.12. The highest BCUT2D eigenvalue weighted by molar-refractivity contribution is 5.83. The van der Waals surface area contributed by atoms with E-state index in [4.69, 9.17) is 0 Å². The Hall–Kier alpha value is -3.58. The summed E-state index contributed by atoms with van der Waals surface area (Å²) in [5.41, 5.74) is 0.454. The van der Waals surface area contributed by atoms with Gasteiger partial charge in [-0.15, -0.1) is 0 Å². The molecular formula is C10H14N6O8. The molecule has 132 valence electrons. The van der Waals surface area contributed by atoms with E-state index in [0.29, 0.717) is 0 Å². The lowest BCUT2D eigenvalue weighted by Crippen LogP contribution is -2.30. The minimum absolute atomic E-state index is 0.0526. The fraction of sp³-hybridized carbons (Fsp3) is 0.400. The second kappa shape index (κ2) is 8.16. The summed E-state index contributed by atoms with van der Waals surface area (Å²) < 4.78 is 16.9. The van der Waals surface area contributed by atoms with E-state index < -0.39 is 12.2 Å². The fourth-order valence-corrected chi connectivity index (χ4v) is 1.15. The molecule has 0 aromatic carbocycles. The van der Waals surface area contributed by atoms with E-state index in [9.17, 15) is 20.0 Å². The lowest BCUT2D eigenvalue weighted by atomic mass is 10.5. The number of aromatic nitrogens is 4. The van der Waals surface area contributed by atoms with Gasteiger partial charge in [0.15, 0.2) is 0 Å². The molecule has 2 aromatic rings. The number of anilines is 2. The summed E-state index contributed by atoms with van der Waals surface area (Å²) in [5, 5.41) is 32.2. The number of carbonyl (C=O) groups excluding carboxylic acids is 2. The van der Waals surface area contributed by atoms with Gasteiger partial charge in [0.1, 0.15) is 0 Å². The van der Waals surface area contributed by atoms with Crippen LogP contribution in [-0.2, 0) is 9.47 Å². The van der Waals surface area contributed by atoms with Crippen molar-refractivity contribution >= 4 is 23.8 Å². The maximum atomic E-state index is 10.7. The second-order valence-corrected chi connectivity index (χ2v) is 3.96. The highest BCUT2D eigenvalue weighted by Gasteiger charge is 2.17. The zero-order chi connectivity index (χ0) is 18.3. The van der Waals surface area contributed by atoms with Crippen molar-refractivity contribution in [1.82, 2.24) is 10.3 Å². The van der Waals surface area contributed by atoms with E-state index in [-0.39, 0.29) is 32.8 Å². The Morgan fingerprint density at radius 2 is 1.54 bits per heavy atom. The average molecular weight is 346 g/mol. The fourth-order valence-electron chi connectivity index (χ4n) is 1.15. The average Bonchev–Trinajstić information content (AvgIpc) is 3.05. The van der Waals surface area contributed by atoms with Crippen molar-refractivity contribution in [2.75, 3.05) is 24.9 Å². The number of nitrogens with one attached hydrogen (secondary N) is 2. The third-order valence-corrected chi connectivity index (χ3v) is 2.41. The van der Waals surface area contributed by atoms with E-state index in [0.717, 1.165) is 0 Å². The Kier molecular flexibility index (Phi) is 6.28. The van der Waals surface area contributed by atoms with Crippen molar-refractivity contribution in [3.05, 3.63) is 21.8 Å². The predicted octanol–water partition coefficient (Wildman–Crippen LogP) is -0.411. The number of ether oxygens (including phenoxy) is 2. The van der Waals surface area contributed by atoms with Crippen LogP contribution in [0.15, 0.2) is 9.26 Å². The third-order valence-electron chi connectivity index (χ3n) is 2.41. The molecule has 0 aliphatic heterocycles. The summed E-state index contributed by atoms with van der Waals surface area (Å²) in [5.74, 6) is -0.0151. The van der Waals surface area contributed by atoms with Crippen LogP contribution in [-0.4, -0.2) is 36.7 Å². The summed E-state index contributed by atoms with van der Waals surface area (Å²) in [4.78, 5) is 21.5. The molecule has 0 aliphatic carbocycles. The minimum atomic E-state index is -0.745. The summed E-state index contributed by atoms with van der Waals surface area (Å²) in [7, 11) is 2.39. The number of rotatable bonds is 2. The maximum absolute atomic E-state index is 10.7. The largest absolute Gasteiger partial charge is 0.473 e. The highest BCUT2D eigenvalue weighted by Crippen LogP contribution is 2.05. The van der Waals surface area contributed by atoms with Crippen LogP contribution in [0.3, 0.4) is 0 Å². The van der Waals surface area contributed by atoms with E-state index >= 15 is 0 Å². The summed E-state index contributed by atoms with van der Waals surface area (Å²) in [6.07, 6.45) is -1.45. The van der Waals surface area contributed by atoms with Gasteiger partial charge in [-0.25, -0.2) is 20.2 Å². The van der Waals surface area contributed by atoms with E-state index in [2.05, 4.69) is 39.7 Å². The molecule has 2 amide bonds. The van der Waals surface area contributed by atoms with Gasteiger partial charge in [-0.2, -0.15) is 0 Å². The van der Waals surface area contributed by atoms with Gasteiger partial charge < -0.3 is 24.5 Å². The number of amides is 2. The van der Waals surface area contributed by atoms with E-state index in [1.807, 2.05) is 0 Å². The van der Waals surface area contributed by atoms with Gasteiger partial charge in [-0.3, -0.25) is 4.63 Å². The number of carbonyl (C=O) groups is 2. The van der Waals surface area contributed by atoms with Crippen LogP contribution in [0.2, 0.25) is 0 Å². The Balaban J connectivity index is 0.000000240. The number of hydrogen-bond donors (Lipinski definition) is 2. The van der Waals surface area contributed by atoms with Crippen LogP contribution in [0, 0.1) is 24.3 Å². The topological polar surface area (TPSA) is 183 Å². The zero-order valence-electron chi connectivity index (χ0n) is 13.1. The lowest BCUT2D eigenvalue weighted by molar-refractivity contribution is -0.806. The molecule has 0 atom stereocenters. The predicted molar refractivity (Wildman–Crippen MR) is 72.5 cm³/mol. The van der Waals surface area contributed by atoms with Crippen LogP contribution in [0.5, 0.6) is 0 Å². The molecule has 0 unspecified atom stereocenters. The first kappa shape index (κ1) is 18.5. The Morgan fingerprint density at radius 1 is 1.00 bits per heavy atom.